The summed E-state index contributed by atoms with van der Waals surface area (Å²) in [7, 11) is 0. The first kappa shape index (κ1) is 11.6. The van der Waals surface area contributed by atoms with E-state index in [1.807, 2.05) is 13.0 Å². The van der Waals surface area contributed by atoms with Gasteiger partial charge in [-0.3, -0.25) is 4.79 Å². The molecule has 0 saturated carbocycles. The van der Waals surface area contributed by atoms with Crippen LogP contribution in [0.15, 0.2) is 18.2 Å². The fourth-order valence-electron chi connectivity index (χ4n) is 1.50. The van der Waals surface area contributed by atoms with Gasteiger partial charge in [-0.25, -0.2) is 4.98 Å². The third kappa shape index (κ3) is 2.45. The zero-order chi connectivity index (χ0) is 12.6. The van der Waals surface area contributed by atoms with E-state index in [9.17, 15) is 9.90 Å². The van der Waals surface area contributed by atoms with E-state index in [0.717, 1.165) is 16.9 Å². The lowest BCUT2D eigenvalue weighted by molar-refractivity contribution is -0.130. The molecule has 1 heterocycles. The lowest BCUT2D eigenvalue weighted by atomic mass is 10.1. The quantitative estimate of drug-likeness (QED) is 0.737. The third-order valence-electron chi connectivity index (χ3n) is 2.41. The number of amides is 1. The summed E-state index contributed by atoms with van der Waals surface area (Å²) in [4.78, 5) is 18.9. The standard InChI is InChI=1S/C12H15N3O2/c1-7-13-9-5-4-8(6-10(9)14-7)15-11(16)12(2,3)17/h4-6,17H,1-3H3,(H,13,14)(H,15,16). The zero-order valence-electron chi connectivity index (χ0n) is 10.0. The van der Waals surface area contributed by atoms with E-state index in [2.05, 4.69) is 15.3 Å². The van der Waals surface area contributed by atoms with Crippen molar-refractivity contribution in [3.63, 3.8) is 0 Å². The summed E-state index contributed by atoms with van der Waals surface area (Å²) in [6.07, 6.45) is 0. The Hall–Kier alpha value is -1.88. The average molecular weight is 233 g/mol. The van der Waals surface area contributed by atoms with Crippen molar-refractivity contribution in [3.05, 3.63) is 24.0 Å². The van der Waals surface area contributed by atoms with Gasteiger partial charge in [-0.1, -0.05) is 0 Å². The van der Waals surface area contributed by atoms with Crippen molar-refractivity contribution >= 4 is 22.6 Å². The number of imidazole rings is 1. The molecule has 0 bridgehead atoms. The van der Waals surface area contributed by atoms with Gasteiger partial charge in [0.05, 0.1) is 11.0 Å². The Balaban J connectivity index is 2.28. The number of aromatic nitrogens is 2. The number of carbonyl (C=O) groups excluding carboxylic acids is 1. The number of aryl methyl sites for hydroxylation is 1. The largest absolute Gasteiger partial charge is 0.381 e. The van der Waals surface area contributed by atoms with Gasteiger partial charge in [-0.2, -0.15) is 0 Å². The molecule has 2 rings (SSSR count). The summed E-state index contributed by atoms with van der Waals surface area (Å²) in [5.74, 6) is 0.388. The first-order valence-electron chi connectivity index (χ1n) is 5.36. The zero-order valence-corrected chi connectivity index (χ0v) is 10.0. The number of benzene rings is 1. The SMILES string of the molecule is Cc1nc2ccc(NC(=O)C(C)(C)O)cc2[nH]1. The predicted molar refractivity (Wildman–Crippen MR) is 65.8 cm³/mol. The molecule has 0 spiro atoms. The van der Waals surface area contributed by atoms with Gasteiger partial charge in [0.1, 0.15) is 11.4 Å². The van der Waals surface area contributed by atoms with Crippen LogP contribution in [0.3, 0.4) is 0 Å². The molecule has 2 aromatic rings. The lowest BCUT2D eigenvalue weighted by Crippen LogP contribution is -2.36. The van der Waals surface area contributed by atoms with E-state index in [1.54, 1.807) is 12.1 Å². The van der Waals surface area contributed by atoms with Crippen LogP contribution in [0.4, 0.5) is 5.69 Å². The Morgan fingerprint density at radius 1 is 1.47 bits per heavy atom. The molecule has 0 aliphatic carbocycles. The fraction of sp³-hybridized carbons (Fsp3) is 0.333. The number of hydrogen-bond donors (Lipinski definition) is 3. The van der Waals surface area contributed by atoms with E-state index in [-0.39, 0.29) is 0 Å². The maximum absolute atomic E-state index is 11.6. The molecule has 0 unspecified atom stereocenters. The summed E-state index contributed by atoms with van der Waals surface area (Å²) < 4.78 is 0. The Kier molecular flexibility index (Phi) is 2.63. The summed E-state index contributed by atoms with van der Waals surface area (Å²) in [6, 6.07) is 5.37. The van der Waals surface area contributed by atoms with Crippen molar-refractivity contribution in [2.75, 3.05) is 5.32 Å². The summed E-state index contributed by atoms with van der Waals surface area (Å²) >= 11 is 0. The highest BCUT2D eigenvalue weighted by Crippen LogP contribution is 2.18. The second-order valence-electron chi connectivity index (χ2n) is 4.57. The van der Waals surface area contributed by atoms with Crippen LogP contribution in [0.25, 0.3) is 11.0 Å². The van der Waals surface area contributed by atoms with Gasteiger partial charge in [0.15, 0.2) is 0 Å². The number of carbonyl (C=O) groups is 1. The number of anilines is 1. The number of nitrogens with zero attached hydrogens (tertiary/aromatic N) is 1. The summed E-state index contributed by atoms with van der Waals surface area (Å²) in [5, 5.41) is 12.2. The highest BCUT2D eigenvalue weighted by molar-refractivity contribution is 5.97. The maximum Gasteiger partial charge on any atom is 0.255 e. The van der Waals surface area contributed by atoms with Crippen LogP contribution in [-0.2, 0) is 4.79 Å². The second kappa shape index (κ2) is 3.85. The van der Waals surface area contributed by atoms with E-state index in [4.69, 9.17) is 0 Å². The van der Waals surface area contributed by atoms with E-state index in [1.165, 1.54) is 13.8 Å². The van der Waals surface area contributed by atoms with Gasteiger partial charge in [-0.15, -0.1) is 0 Å². The second-order valence-corrected chi connectivity index (χ2v) is 4.57. The van der Waals surface area contributed by atoms with E-state index < -0.39 is 11.5 Å². The molecular weight excluding hydrogens is 218 g/mol. The monoisotopic (exact) mass is 233 g/mol. The van der Waals surface area contributed by atoms with Crippen LogP contribution in [0.2, 0.25) is 0 Å². The minimum atomic E-state index is -1.39. The molecule has 0 radical (unpaired) electrons. The predicted octanol–water partition coefficient (Wildman–Crippen LogP) is 1.58. The Morgan fingerprint density at radius 3 is 2.82 bits per heavy atom. The van der Waals surface area contributed by atoms with Crippen molar-refractivity contribution in [1.29, 1.82) is 0 Å². The Morgan fingerprint density at radius 2 is 2.18 bits per heavy atom. The number of hydrogen-bond acceptors (Lipinski definition) is 3. The van der Waals surface area contributed by atoms with Crippen LogP contribution in [-0.4, -0.2) is 26.6 Å². The van der Waals surface area contributed by atoms with Gasteiger partial charge in [0.25, 0.3) is 5.91 Å². The molecular formula is C12H15N3O2. The van der Waals surface area contributed by atoms with Gasteiger partial charge in [0.2, 0.25) is 0 Å². The lowest BCUT2D eigenvalue weighted by Gasteiger charge is -2.16. The molecule has 1 amide bonds. The minimum absolute atomic E-state index is 0.437. The minimum Gasteiger partial charge on any atom is -0.381 e. The number of H-pyrrole nitrogens is 1. The van der Waals surface area contributed by atoms with E-state index in [0.29, 0.717) is 5.69 Å². The number of rotatable bonds is 2. The molecule has 1 aromatic carbocycles. The van der Waals surface area contributed by atoms with Crippen LogP contribution in [0.1, 0.15) is 19.7 Å². The molecule has 5 nitrogen and oxygen atoms in total. The highest BCUT2D eigenvalue weighted by Gasteiger charge is 2.23. The molecule has 1 aromatic heterocycles. The first-order chi connectivity index (χ1) is 7.86. The molecule has 0 fully saturated rings. The van der Waals surface area contributed by atoms with Crippen molar-refractivity contribution < 1.29 is 9.90 Å². The van der Waals surface area contributed by atoms with Crippen LogP contribution >= 0.6 is 0 Å². The maximum atomic E-state index is 11.6. The third-order valence-corrected chi connectivity index (χ3v) is 2.41. The highest BCUT2D eigenvalue weighted by atomic mass is 16.3. The molecule has 0 aliphatic heterocycles. The summed E-state index contributed by atoms with van der Waals surface area (Å²) in [6.45, 7) is 4.76. The van der Waals surface area contributed by atoms with Crippen LogP contribution in [0, 0.1) is 6.92 Å². The first-order valence-corrected chi connectivity index (χ1v) is 5.36. The molecule has 5 heteroatoms. The topological polar surface area (TPSA) is 78.0 Å². The molecule has 90 valence electrons. The number of aliphatic hydroxyl groups is 1. The Labute approximate surface area is 98.9 Å². The molecule has 0 saturated heterocycles. The van der Waals surface area contributed by atoms with Crippen molar-refractivity contribution in [1.82, 2.24) is 9.97 Å². The summed E-state index contributed by atoms with van der Waals surface area (Å²) in [5.41, 5.74) is 0.951. The molecule has 3 N–H and O–H groups in total. The van der Waals surface area contributed by atoms with Gasteiger partial charge in [0, 0.05) is 5.69 Å². The average Bonchev–Trinajstić information content (AvgIpc) is 2.55. The van der Waals surface area contributed by atoms with Gasteiger partial charge in [-0.05, 0) is 39.0 Å². The number of fused-ring (bicyclic) bond motifs is 1. The fourth-order valence-corrected chi connectivity index (χ4v) is 1.50. The van der Waals surface area contributed by atoms with Crippen molar-refractivity contribution in [3.8, 4) is 0 Å². The van der Waals surface area contributed by atoms with Crippen LogP contribution in [0.5, 0.6) is 0 Å². The molecule has 17 heavy (non-hydrogen) atoms. The van der Waals surface area contributed by atoms with E-state index >= 15 is 0 Å². The number of aromatic amines is 1. The van der Waals surface area contributed by atoms with Crippen molar-refractivity contribution in [2.45, 2.75) is 26.4 Å². The number of nitrogens with one attached hydrogen (secondary N) is 2. The Bertz CT molecular complexity index is 567. The van der Waals surface area contributed by atoms with Gasteiger partial charge < -0.3 is 15.4 Å². The van der Waals surface area contributed by atoms with Gasteiger partial charge >= 0.3 is 0 Å². The smallest absolute Gasteiger partial charge is 0.255 e. The van der Waals surface area contributed by atoms with Crippen LogP contribution < -0.4 is 5.32 Å². The molecule has 0 aliphatic rings. The molecule has 0 atom stereocenters. The van der Waals surface area contributed by atoms with Crippen molar-refractivity contribution in [2.24, 2.45) is 0 Å². The normalized spacial score (nSPS) is 11.8.